The molecule has 3 heterocycles. The number of halogens is 1. The van der Waals surface area contributed by atoms with Crippen LogP contribution in [0.4, 0.5) is 5.69 Å². The van der Waals surface area contributed by atoms with Crippen LogP contribution in [-0.4, -0.2) is 25.7 Å². The number of rotatable bonds is 4. The predicted octanol–water partition coefficient (Wildman–Crippen LogP) is 3.70. The number of para-hydroxylation sites is 1. The van der Waals surface area contributed by atoms with Crippen molar-refractivity contribution >= 4 is 38.9 Å². The number of nitrogens with zero attached hydrogens (tertiary/aromatic N) is 3. The molecule has 1 amide bonds. The molecule has 1 aromatic carbocycles. The van der Waals surface area contributed by atoms with Gasteiger partial charge < -0.3 is 10.3 Å². The van der Waals surface area contributed by atoms with Crippen LogP contribution in [0, 0.1) is 0 Å². The molecule has 0 unspecified atom stereocenters. The number of amides is 1. The first kappa shape index (κ1) is 17.4. The second kappa shape index (κ2) is 7.29. The van der Waals surface area contributed by atoms with Crippen molar-refractivity contribution in [2.45, 2.75) is 0 Å². The van der Waals surface area contributed by atoms with E-state index in [0.717, 1.165) is 11.3 Å². The van der Waals surface area contributed by atoms with Crippen molar-refractivity contribution in [1.29, 1.82) is 0 Å². The van der Waals surface area contributed by atoms with Gasteiger partial charge in [0.15, 0.2) is 0 Å². The van der Waals surface area contributed by atoms with Gasteiger partial charge in [-0.25, -0.2) is 9.67 Å². The number of benzene rings is 1. The zero-order valence-corrected chi connectivity index (χ0v) is 16.1. The highest BCUT2D eigenvalue weighted by molar-refractivity contribution is 9.10. The van der Waals surface area contributed by atoms with Gasteiger partial charge >= 0.3 is 0 Å². The van der Waals surface area contributed by atoms with Gasteiger partial charge in [-0.2, -0.15) is 5.10 Å². The Hall–Kier alpha value is -3.04. The summed E-state index contributed by atoms with van der Waals surface area (Å²) in [6, 6.07) is 11.3. The van der Waals surface area contributed by atoms with Gasteiger partial charge in [-0.05, 0) is 34.1 Å². The summed E-state index contributed by atoms with van der Waals surface area (Å²) in [5.74, 6) is -0.448. The molecule has 3 aromatic heterocycles. The molecule has 27 heavy (non-hydrogen) atoms. The number of carbonyl (C=O) groups excluding carboxylic acids is 1. The first-order chi connectivity index (χ1) is 13.1. The molecular weight excluding hydrogens is 430 g/mol. The van der Waals surface area contributed by atoms with E-state index < -0.39 is 5.91 Å². The first-order valence-electron chi connectivity index (χ1n) is 7.86. The number of H-pyrrole nitrogens is 1. The summed E-state index contributed by atoms with van der Waals surface area (Å²) in [5, 5.41) is 9.23. The van der Waals surface area contributed by atoms with E-state index in [9.17, 15) is 9.59 Å². The minimum absolute atomic E-state index is 0.154. The van der Waals surface area contributed by atoms with Crippen molar-refractivity contribution in [1.82, 2.24) is 19.7 Å². The van der Waals surface area contributed by atoms with Crippen molar-refractivity contribution < 1.29 is 4.79 Å². The van der Waals surface area contributed by atoms with E-state index >= 15 is 0 Å². The maximum Gasteiger partial charge on any atom is 0.275 e. The maximum absolute atomic E-state index is 12.4. The third-order valence-electron chi connectivity index (χ3n) is 3.70. The Labute approximate surface area is 165 Å². The number of aromatic nitrogens is 4. The third-order valence-corrected chi connectivity index (χ3v) is 5.05. The van der Waals surface area contributed by atoms with E-state index in [1.807, 2.05) is 36.5 Å². The van der Waals surface area contributed by atoms with E-state index in [-0.39, 0.29) is 16.9 Å². The Morgan fingerprint density at radius 3 is 2.89 bits per heavy atom. The lowest BCUT2D eigenvalue weighted by atomic mass is 10.3. The normalized spacial score (nSPS) is 10.7. The van der Waals surface area contributed by atoms with Crippen LogP contribution < -0.4 is 10.9 Å². The predicted molar refractivity (Wildman–Crippen MR) is 107 cm³/mol. The Balaban J connectivity index is 1.55. The van der Waals surface area contributed by atoms with Crippen molar-refractivity contribution in [2.75, 3.05) is 5.32 Å². The van der Waals surface area contributed by atoms with Crippen LogP contribution in [0.3, 0.4) is 0 Å². The molecular formula is C18H12BrN5O2S. The molecule has 0 fully saturated rings. The molecule has 0 aliphatic heterocycles. The number of thiazole rings is 1. The molecule has 0 atom stereocenters. The zero-order valence-electron chi connectivity index (χ0n) is 13.7. The highest BCUT2D eigenvalue weighted by Crippen LogP contribution is 2.24. The first-order valence-corrected chi connectivity index (χ1v) is 9.53. The lowest BCUT2D eigenvalue weighted by Gasteiger charge is -2.02. The molecule has 134 valence electrons. The van der Waals surface area contributed by atoms with Gasteiger partial charge in [-0.1, -0.05) is 18.2 Å². The van der Waals surface area contributed by atoms with Gasteiger partial charge in [0.1, 0.15) is 16.4 Å². The molecule has 0 saturated carbocycles. The summed E-state index contributed by atoms with van der Waals surface area (Å²) < 4.78 is 2.40. The fraction of sp³-hybridized carbons (Fsp3) is 0. The van der Waals surface area contributed by atoms with Crippen LogP contribution >= 0.6 is 27.3 Å². The molecule has 2 N–H and O–H groups in total. The minimum atomic E-state index is -0.448. The topological polar surface area (TPSA) is 92.7 Å². The second-order valence-electron chi connectivity index (χ2n) is 5.56. The lowest BCUT2D eigenvalue weighted by molar-refractivity contribution is 0.102. The summed E-state index contributed by atoms with van der Waals surface area (Å²) in [7, 11) is 0. The van der Waals surface area contributed by atoms with Crippen LogP contribution in [0.5, 0.6) is 0 Å². The fourth-order valence-corrected chi connectivity index (χ4v) is 3.52. The van der Waals surface area contributed by atoms with Crippen molar-refractivity contribution in [3.8, 4) is 16.3 Å². The number of hydrogen-bond donors (Lipinski definition) is 2. The largest absolute Gasteiger partial charge is 0.326 e. The van der Waals surface area contributed by atoms with Gasteiger partial charge in [-0.15, -0.1) is 11.3 Å². The highest BCUT2D eigenvalue weighted by Gasteiger charge is 2.15. The van der Waals surface area contributed by atoms with E-state index in [4.69, 9.17) is 0 Å². The number of nitrogens with one attached hydrogen (secondary N) is 2. The molecule has 0 spiro atoms. The van der Waals surface area contributed by atoms with Gasteiger partial charge in [-0.3, -0.25) is 9.59 Å². The highest BCUT2D eigenvalue weighted by atomic mass is 79.9. The summed E-state index contributed by atoms with van der Waals surface area (Å²) >= 11 is 4.59. The second-order valence-corrected chi connectivity index (χ2v) is 7.34. The number of anilines is 1. The molecule has 0 aliphatic carbocycles. The smallest absolute Gasteiger partial charge is 0.275 e. The summed E-state index contributed by atoms with van der Waals surface area (Å²) in [4.78, 5) is 31.1. The van der Waals surface area contributed by atoms with Gasteiger partial charge in [0, 0.05) is 27.8 Å². The summed E-state index contributed by atoms with van der Waals surface area (Å²) in [6.07, 6.45) is 5.06. The van der Waals surface area contributed by atoms with Gasteiger partial charge in [0.25, 0.3) is 11.5 Å². The molecule has 4 aromatic rings. The molecule has 0 saturated heterocycles. The van der Waals surface area contributed by atoms with Crippen molar-refractivity contribution in [3.05, 3.63) is 80.9 Å². The standard InChI is InChI=1S/C18H12BrN5O2S/c19-12-6-14(16(25)20-8-12)22-17(26)15-10-27-18(23-15)11-7-21-24(9-11)13-4-2-1-3-5-13/h1-10H,(H,20,25)(H,22,26). The zero-order chi connectivity index (χ0) is 18.8. The van der Waals surface area contributed by atoms with Crippen molar-refractivity contribution in [2.24, 2.45) is 0 Å². The minimum Gasteiger partial charge on any atom is -0.326 e. The average Bonchev–Trinajstić information content (AvgIpc) is 3.35. The molecule has 0 bridgehead atoms. The summed E-state index contributed by atoms with van der Waals surface area (Å²) in [5.41, 5.74) is 1.75. The lowest BCUT2D eigenvalue weighted by Crippen LogP contribution is -2.19. The van der Waals surface area contributed by atoms with E-state index in [1.54, 1.807) is 16.3 Å². The third kappa shape index (κ3) is 3.74. The summed E-state index contributed by atoms with van der Waals surface area (Å²) in [6.45, 7) is 0. The Morgan fingerprint density at radius 1 is 1.26 bits per heavy atom. The number of pyridine rings is 1. The molecule has 7 nitrogen and oxygen atoms in total. The maximum atomic E-state index is 12.4. The molecule has 4 rings (SSSR count). The van der Waals surface area contributed by atoms with Crippen LogP contribution in [0.15, 0.2) is 69.6 Å². The van der Waals surface area contributed by atoms with Crippen LogP contribution in [-0.2, 0) is 0 Å². The number of carbonyl (C=O) groups is 1. The molecule has 0 aliphatic rings. The quantitative estimate of drug-likeness (QED) is 0.504. The van der Waals surface area contributed by atoms with Gasteiger partial charge in [0.05, 0.1) is 11.9 Å². The van der Waals surface area contributed by atoms with E-state index in [2.05, 4.69) is 36.3 Å². The monoisotopic (exact) mass is 441 g/mol. The van der Waals surface area contributed by atoms with Crippen molar-refractivity contribution in [3.63, 3.8) is 0 Å². The van der Waals surface area contributed by atoms with Gasteiger partial charge in [0.2, 0.25) is 0 Å². The Kier molecular flexibility index (Phi) is 4.69. The number of aromatic amines is 1. The Morgan fingerprint density at radius 2 is 2.07 bits per heavy atom. The van der Waals surface area contributed by atoms with Crippen LogP contribution in [0.1, 0.15) is 10.5 Å². The van der Waals surface area contributed by atoms with Crippen LogP contribution in [0.25, 0.3) is 16.3 Å². The molecule has 9 heteroatoms. The average molecular weight is 442 g/mol. The SMILES string of the molecule is O=C(Nc1cc(Br)c[nH]c1=O)c1csc(-c2cnn(-c3ccccc3)c2)n1. The Bertz CT molecular complexity index is 1170. The molecule has 0 radical (unpaired) electrons. The number of hydrogen-bond acceptors (Lipinski definition) is 5. The van der Waals surface area contributed by atoms with E-state index in [1.165, 1.54) is 23.6 Å². The van der Waals surface area contributed by atoms with Crippen LogP contribution in [0.2, 0.25) is 0 Å². The fourth-order valence-electron chi connectivity index (χ4n) is 2.40. The van der Waals surface area contributed by atoms with E-state index in [0.29, 0.717) is 9.48 Å².